The van der Waals surface area contributed by atoms with Crippen LogP contribution in [0.25, 0.3) is 0 Å². The van der Waals surface area contributed by atoms with E-state index in [9.17, 15) is 0 Å². The molecule has 2 aliphatic rings. The zero-order chi connectivity index (χ0) is 16.2. The third kappa shape index (κ3) is 5.07. The summed E-state index contributed by atoms with van der Waals surface area (Å²) in [6.45, 7) is 4.42. The summed E-state index contributed by atoms with van der Waals surface area (Å²) < 4.78 is 4.46. The number of benzene rings is 1. The van der Waals surface area contributed by atoms with Gasteiger partial charge in [0.25, 0.3) is 0 Å². The summed E-state index contributed by atoms with van der Waals surface area (Å²) >= 11 is 6.08. The third-order valence-corrected chi connectivity index (χ3v) is 7.40. The smallest absolute Gasteiger partial charge is 0.0468 e. The van der Waals surface area contributed by atoms with Crippen molar-refractivity contribution in [2.75, 3.05) is 32.9 Å². The molecule has 1 unspecified atom stereocenters. The molecule has 0 spiro atoms. The number of likely N-dealkylation sites (tertiary alicyclic amines) is 1. The molecule has 0 aromatic heterocycles. The normalized spacial score (nSPS) is 23.1. The molecule has 0 radical (unpaired) electrons. The van der Waals surface area contributed by atoms with Gasteiger partial charge in [-0.25, -0.2) is 4.36 Å². The van der Waals surface area contributed by atoms with Gasteiger partial charge in [-0.05, 0) is 71.2 Å². The molecule has 1 atom stereocenters. The molecule has 0 saturated carbocycles. The molecule has 2 aliphatic heterocycles. The summed E-state index contributed by atoms with van der Waals surface area (Å²) in [5, 5.41) is 0.827. The first-order valence-electron chi connectivity index (χ1n) is 8.01. The van der Waals surface area contributed by atoms with E-state index < -0.39 is 0 Å². The molecule has 23 heavy (non-hydrogen) atoms. The fourth-order valence-corrected chi connectivity index (χ4v) is 5.90. The van der Waals surface area contributed by atoms with E-state index in [1.807, 2.05) is 22.9 Å². The quantitative estimate of drug-likeness (QED) is 0.726. The van der Waals surface area contributed by atoms with Crippen LogP contribution in [0.5, 0.6) is 0 Å². The van der Waals surface area contributed by atoms with Crippen LogP contribution in [-0.2, 0) is 16.3 Å². The zero-order valence-electron chi connectivity index (χ0n) is 13.7. The Bertz CT molecular complexity index is 610. The second-order valence-electron chi connectivity index (χ2n) is 6.26. The van der Waals surface area contributed by atoms with E-state index in [-0.39, 0.29) is 9.72 Å². The van der Waals surface area contributed by atoms with Gasteiger partial charge in [-0.15, -0.1) is 0 Å². The number of hydrogen-bond donors (Lipinski definition) is 0. The first-order chi connectivity index (χ1) is 11.1. The van der Waals surface area contributed by atoms with E-state index in [1.165, 1.54) is 36.4 Å². The molecule has 0 bridgehead atoms. The van der Waals surface area contributed by atoms with E-state index >= 15 is 0 Å². The Morgan fingerprint density at radius 1 is 1.39 bits per heavy atom. The molecule has 3 rings (SSSR count). The summed E-state index contributed by atoms with van der Waals surface area (Å²) in [5.41, 5.74) is 1.30. The minimum atomic E-state index is 0.157. The predicted molar refractivity (Wildman–Crippen MR) is 104 cm³/mol. The first kappa shape index (κ1) is 17.5. The van der Waals surface area contributed by atoms with Crippen LogP contribution in [0.4, 0.5) is 0 Å². The second-order valence-corrected chi connectivity index (χ2v) is 10.4. The minimum Gasteiger partial charge on any atom is -0.299 e. The van der Waals surface area contributed by atoms with Gasteiger partial charge < -0.3 is 0 Å². The Labute approximate surface area is 150 Å². The van der Waals surface area contributed by atoms with E-state index in [0.29, 0.717) is 6.04 Å². The van der Waals surface area contributed by atoms with E-state index in [4.69, 9.17) is 11.6 Å². The van der Waals surface area contributed by atoms with Crippen LogP contribution in [0.15, 0.2) is 39.7 Å². The van der Waals surface area contributed by atoms with Crippen molar-refractivity contribution in [2.24, 2.45) is 4.36 Å². The van der Waals surface area contributed by atoms with Gasteiger partial charge in [0, 0.05) is 41.5 Å². The first-order valence-corrected chi connectivity index (χ1v) is 11.3. The summed E-state index contributed by atoms with van der Waals surface area (Å²) in [6.07, 6.45) is 6.74. The summed E-state index contributed by atoms with van der Waals surface area (Å²) in [5.74, 6) is 0. The van der Waals surface area contributed by atoms with Crippen molar-refractivity contribution in [1.82, 2.24) is 9.80 Å². The van der Waals surface area contributed by atoms with Gasteiger partial charge >= 0.3 is 0 Å². The highest BCUT2D eigenvalue weighted by atomic mass is 35.5. The fraction of sp³-hybridized carbons (Fsp3) is 0.529. The van der Waals surface area contributed by atoms with Gasteiger partial charge in [0.05, 0.1) is 0 Å². The lowest BCUT2D eigenvalue weighted by molar-refractivity contribution is 0.130. The SMILES string of the molecule is CN(Cc1cccc(Cl)c1)C1CCN(CC2=CN=S(C)S2)CC1. The number of hydrogen-bond acceptors (Lipinski definition) is 4. The van der Waals surface area contributed by atoms with Crippen molar-refractivity contribution in [1.29, 1.82) is 0 Å². The largest absolute Gasteiger partial charge is 0.299 e. The molecular weight excluding hydrogens is 346 g/mol. The van der Waals surface area contributed by atoms with Gasteiger partial charge in [0.15, 0.2) is 0 Å². The Morgan fingerprint density at radius 3 is 2.83 bits per heavy atom. The molecule has 126 valence electrons. The average Bonchev–Trinajstić information content (AvgIpc) is 2.93. The van der Waals surface area contributed by atoms with Crippen molar-refractivity contribution in [2.45, 2.75) is 25.4 Å². The van der Waals surface area contributed by atoms with Crippen LogP contribution in [0.3, 0.4) is 0 Å². The molecule has 1 aromatic rings. The molecule has 1 fully saturated rings. The average molecular weight is 370 g/mol. The number of nitrogens with zero attached hydrogens (tertiary/aromatic N) is 3. The van der Waals surface area contributed by atoms with Crippen molar-refractivity contribution in [3.63, 3.8) is 0 Å². The van der Waals surface area contributed by atoms with Crippen LogP contribution in [-0.4, -0.2) is 48.8 Å². The van der Waals surface area contributed by atoms with Crippen molar-refractivity contribution in [3.05, 3.63) is 46.0 Å². The van der Waals surface area contributed by atoms with Crippen LogP contribution in [0, 0.1) is 0 Å². The van der Waals surface area contributed by atoms with Crippen LogP contribution in [0.1, 0.15) is 18.4 Å². The molecule has 2 heterocycles. The van der Waals surface area contributed by atoms with E-state index in [1.54, 1.807) is 0 Å². The minimum absolute atomic E-state index is 0.157. The molecule has 0 N–H and O–H groups in total. The van der Waals surface area contributed by atoms with Gasteiger partial charge in [-0.1, -0.05) is 23.7 Å². The molecule has 0 aliphatic carbocycles. The van der Waals surface area contributed by atoms with Crippen LogP contribution >= 0.6 is 22.4 Å². The molecule has 1 aromatic carbocycles. The maximum absolute atomic E-state index is 6.08. The second kappa shape index (κ2) is 8.17. The standard InChI is InChI=1S/C17H24ClN3S2/c1-20(12-14-4-3-5-15(18)10-14)16-6-8-21(9-7-16)13-17-11-19-23(2)22-17/h3-5,10-11,16H,6-9,12-13H2,1-2H3. The maximum Gasteiger partial charge on any atom is 0.0468 e. The Balaban J connectivity index is 1.45. The highest BCUT2D eigenvalue weighted by Gasteiger charge is 2.23. The lowest BCUT2D eigenvalue weighted by Crippen LogP contribution is -2.43. The lowest BCUT2D eigenvalue weighted by Gasteiger charge is -2.36. The van der Waals surface area contributed by atoms with E-state index in [0.717, 1.165) is 18.1 Å². The summed E-state index contributed by atoms with van der Waals surface area (Å²) in [6, 6.07) is 8.87. The maximum atomic E-state index is 6.08. The van der Waals surface area contributed by atoms with Gasteiger partial charge in [0.1, 0.15) is 0 Å². The Morgan fingerprint density at radius 2 is 2.17 bits per heavy atom. The highest BCUT2D eigenvalue weighted by Crippen LogP contribution is 2.29. The number of piperidine rings is 1. The topological polar surface area (TPSA) is 18.8 Å². The Kier molecular flexibility index (Phi) is 6.21. The summed E-state index contributed by atoms with van der Waals surface area (Å²) in [7, 11) is 4.32. The van der Waals surface area contributed by atoms with Gasteiger partial charge in [-0.2, -0.15) is 0 Å². The van der Waals surface area contributed by atoms with Gasteiger partial charge in [0.2, 0.25) is 0 Å². The zero-order valence-corrected chi connectivity index (χ0v) is 16.1. The van der Waals surface area contributed by atoms with Crippen LogP contribution < -0.4 is 0 Å². The summed E-state index contributed by atoms with van der Waals surface area (Å²) in [4.78, 5) is 6.48. The van der Waals surface area contributed by atoms with Crippen molar-refractivity contribution in [3.8, 4) is 0 Å². The van der Waals surface area contributed by atoms with E-state index in [2.05, 4.69) is 45.8 Å². The third-order valence-electron chi connectivity index (χ3n) is 4.45. The van der Waals surface area contributed by atoms with Crippen LogP contribution in [0.2, 0.25) is 5.02 Å². The molecule has 3 nitrogen and oxygen atoms in total. The Hall–Kier alpha value is -0.330. The molecule has 6 heteroatoms. The van der Waals surface area contributed by atoms with Gasteiger partial charge in [-0.3, -0.25) is 9.80 Å². The predicted octanol–water partition coefficient (Wildman–Crippen LogP) is 4.17. The molecule has 0 amide bonds. The fourth-order valence-electron chi connectivity index (χ4n) is 3.19. The number of halogens is 1. The highest BCUT2D eigenvalue weighted by molar-refractivity contribution is 8.71. The van der Waals surface area contributed by atoms with Crippen molar-refractivity contribution < 1.29 is 0 Å². The molecular formula is C17H24ClN3S2. The molecule has 1 saturated heterocycles. The number of rotatable bonds is 5. The lowest BCUT2D eigenvalue weighted by atomic mass is 10.0. The van der Waals surface area contributed by atoms with Crippen molar-refractivity contribution >= 4 is 32.1 Å². The monoisotopic (exact) mass is 369 g/mol.